The zero-order valence-corrected chi connectivity index (χ0v) is 11.4. The van der Waals surface area contributed by atoms with Gasteiger partial charge in [-0.3, -0.25) is 0 Å². The lowest BCUT2D eigenvalue weighted by atomic mass is 10.3. The number of benzene rings is 1. The van der Waals surface area contributed by atoms with Crippen molar-refractivity contribution in [3.63, 3.8) is 0 Å². The van der Waals surface area contributed by atoms with Gasteiger partial charge in [0.15, 0.2) is 13.2 Å². The maximum Gasteiger partial charge on any atom is 0.341 e. The lowest BCUT2D eigenvalue weighted by Gasteiger charge is -2.12. The van der Waals surface area contributed by atoms with E-state index in [9.17, 15) is 9.59 Å². The van der Waals surface area contributed by atoms with Crippen LogP contribution in [-0.2, 0) is 9.59 Å². The van der Waals surface area contributed by atoms with E-state index in [0.717, 1.165) is 0 Å². The molecule has 0 spiro atoms. The average Bonchev–Trinajstić information content (AvgIpc) is 2.33. The Hall–Kier alpha value is -1.37. The third-order valence-electron chi connectivity index (χ3n) is 1.78. The van der Waals surface area contributed by atoms with Crippen molar-refractivity contribution in [2.45, 2.75) is 0 Å². The number of halogens is 3. The van der Waals surface area contributed by atoms with Crippen LogP contribution in [0.4, 0.5) is 0 Å². The summed E-state index contributed by atoms with van der Waals surface area (Å²) >= 11 is 17.4. The third kappa shape index (κ3) is 4.34. The molecule has 0 radical (unpaired) electrons. The van der Waals surface area contributed by atoms with E-state index < -0.39 is 25.2 Å². The molecule has 0 fully saturated rings. The van der Waals surface area contributed by atoms with E-state index in [1.807, 2.05) is 0 Å². The van der Waals surface area contributed by atoms with Crippen LogP contribution in [0.2, 0.25) is 15.1 Å². The molecule has 0 aliphatic rings. The molecule has 9 heteroatoms. The topological polar surface area (TPSA) is 93.1 Å². The largest absolute Gasteiger partial charge is 0.480 e. The molecule has 0 amide bonds. The molecule has 19 heavy (non-hydrogen) atoms. The summed E-state index contributed by atoms with van der Waals surface area (Å²) in [5, 5.41) is 16.7. The van der Waals surface area contributed by atoms with Crippen LogP contribution in [0.15, 0.2) is 6.07 Å². The quantitative estimate of drug-likeness (QED) is 0.779. The summed E-state index contributed by atoms with van der Waals surface area (Å²) in [5.74, 6) is -2.57. The van der Waals surface area contributed by atoms with Gasteiger partial charge in [0.2, 0.25) is 0 Å². The predicted octanol–water partition coefficient (Wildman–Crippen LogP) is 2.57. The summed E-state index contributed by atoms with van der Waals surface area (Å²) in [6, 6.07) is 1.17. The fourth-order valence-electron chi connectivity index (χ4n) is 1.05. The van der Waals surface area contributed by atoms with E-state index in [-0.39, 0.29) is 26.6 Å². The Labute approximate surface area is 122 Å². The van der Waals surface area contributed by atoms with Gasteiger partial charge in [-0.05, 0) is 0 Å². The van der Waals surface area contributed by atoms with Gasteiger partial charge in [-0.1, -0.05) is 34.8 Å². The molecule has 0 aliphatic carbocycles. The second kappa shape index (κ2) is 6.70. The monoisotopic (exact) mass is 328 g/mol. The highest BCUT2D eigenvalue weighted by molar-refractivity contribution is 6.49. The standard InChI is InChI=1S/C10H7Cl3O6/c11-8-4(18-2-6(14)15)1-5(9(12)10(8)13)19-3-7(16)17/h1H,2-3H2,(H,14,15)(H,16,17). The Morgan fingerprint density at radius 3 is 1.58 bits per heavy atom. The third-order valence-corrected chi connectivity index (χ3v) is 3.10. The second-order valence-electron chi connectivity index (χ2n) is 3.18. The fraction of sp³-hybridized carbons (Fsp3) is 0.200. The summed E-state index contributed by atoms with van der Waals surface area (Å²) < 4.78 is 9.76. The zero-order chi connectivity index (χ0) is 14.6. The average molecular weight is 330 g/mol. The summed E-state index contributed by atoms with van der Waals surface area (Å²) in [7, 11) is 0. The van der Waals surface area contributed by atoms with Gasteiger partial charge in [0, 0.05) is 6.07 Å². The first-order valence-corrected chi connectivity index (χ1v) is 5.83. The van der Waals surface area contributed by atoms with Gasteiger partial charge in [-0.2, -0.15) is 0 Å². The highest BCUT2D eigenvalue weighted by atomic mass is 35.5. The second-order valence-corrected chi connectivity index (χ2v) is 4.31. The lowest BCUT2D eigenvalue weighted by Crippen LogP contribution is -2.11. The van der Waals surface area contributed by atoms with Crippen molar-refractivity contribution in [2.75, 3.05) is 13.2 Å². The van der Waals surface area contributed by atoms with Gasteiger partial charge in [0.05, 0.1) is 5.02 Å². The van der Waals surface area contributed by atoms with Crippen molar-refractivity contribution >= 4 is 46.7 Å². The Bertz CT molecular complexity index is 474. The van der Waals surface area contributed by atoms with Crippen molar-refractivity contribution in [3.8, 4) is 11.5 Å². The first-order chi connectivity index (χ1) is 8.82. The summed E-state index contributed by atoms with van der Waals surface area (Å²) in [5.41, 5.74) is 0. The lowest BCUT2D eigenvalue weighted by molar-refractivity contribution is -0.140. The smallest absolute Gasteiger partial charge is 0.341 e. The molecule has 0 saturated heterocycles. The Morgan fingerprint density at radius 2 is 1.26 bits per heavy atom. The highest BCUT2D eigenvalue weighted by Gasteiger charge is 2.17. The predicted molar refractivity (Wildman–Crippen MR) is 67.7 cm³/mol. The normalized spacial score (nSPS) is 10.1. The van der Waals surface area contributed by atoms with E-state index in [1.165, 1.54) is 6.07 Å². The van der Waals surface area contributed by atoms with E-state index in [2.05, 4.69) is 0 Å². The SMILES string of the molecule is O=C(O)COc1cc(OCC(=O)O)c(Cl)c(Cl)c1Cl. The number of aliphatic carboxylic acids is 2. The first-order valence-electron chi connectivity index (χ1n) is 4.69. The molecule has 0 saturated carbocycles. The molecular weight excluding hydrogens is 322 g/mol. The van der Waals surface area contributed by atoms with E-state index in [0.29, 0.717) is 0 Å². The van der Waals surface area contributed by atoms with Crippen LogP contribution in [0.1, 0.15) is 0 Å². The molecule has 0 heterocycles. The molecule has 1 rings (SSSR count). The maximum atomic E-state index is 10.4. The van der Waals surface area contributed by atoms with Crippen LogP contribution in [0.3, 0.4) is 0 Å². The maximum absolute atomic E-state index is 10.4. The summed E-state index contributed by atoms with van der Waals surface area (Å²) in [6.07, 6.45) is 0. The molecule has 1 aromatic carbocycles. The number of carboxylic acids is 2. The molecule has 0 unspecified atom stereocenters. The molecule has 0 aliphatic heterocycles. The van der Waals surface area contributed by atoms with Crippen LogP contribution in [0, 0.1) is 0 Å². The molecule has 0 atom stereocenters. The minimum atomic E-state index is -1.21. The van der Waals surface area contributed by atoms with E-state index in [1.54, 1.807) is 0 Å². The molecule has 0 aromatic heterocycles. The van der Waals surface area contributed by atoms with Crippen molar-refractivity contribution < 1.29 is 29.3 Å². The van der Waals surface area contributed by atoms with Crippen molar-refractivity contribution in [2.24, 2.45) is 0 Å². The van der Waals surface area contributed by atoms with Crippen LogP contribution >= 0.6 is 34.8 Å². The van der Waals surface area contributed by atoms with Gasteiger partial charge in [0.1, 0.15) is 21.5 Å². The molecule has 1 aromatic rings. The van der Waals surface area contributed by atoms with Gasteiger partial charge in [-0.25, -0.2) is 9.59 Å². The van der Waals surface area contributed by atoms with Gasteiger partial charge >= 0.3 is 11.9 Å². The number of rotatable bonds is 6. The number of carboxylic acid groups (broad SMARTS) is 2. The van der Waals surface area contributed by atoms with Gasteiger partial charge in [0.25, 0.3) is 0 Å². The first kappa shape index (κ1) is 15.7. The van der Waals surface area contributed by atoms with E-state index >= 15 is 0 Å². The summed E-state index contributed by atoms with van der Waals surface area (Å²) in [6.45, 7) is -1.29. The van der Waals surface area contributed by atoms with Crippen molar-refractivity contribution in [1.29, 1.82) is 0 Å². The van der Waals surface area contributed by atoms with Gasteiger partial charge in [-0.15, -0.1) is 0 Å². The van der Waals surface area contributed by atoms with Crippen LogP contribution in [0.25, 0.3) is 0 Å². The molecule has 0 bridgehead atoms. The molecule has 6 nitrogen and oxygen atoms in total. The number of ether oxygens (including phenoxy) is 2. The molecule has 2 N–H and O–H groups in total. The van der Waals surface area contributed by atoms with Crippen molar-refractivity contribution in [3.05, 3.63) is 21.1 Å². The zero-order valence-electron chi connectivity index (χ0n) is 9.15. The highest BCUT2D eigenvalue weighted by Crippen LogP contribution is 2.43. The minimum absolute atomic E-state index is 0.0705. The van der Waals surface area contributed by atoms with Crippen LogP contribution in [-0.4, -0.2) is 35.4 Å². The number of hydrogen-bond acceptors (Lipinski definition) is 4. The molecule has 104 valence electrons. The Kier molecular flexibility index (Phi) is 5.53. The molecular formula is C10H7Cl3O6. The van der Waals surface area contributed by atoms with Crippen LogP contribution in [0.5, 0.6) is 11.5 Å². The number of hydrogen-bond donors (Lipinski definition) is 2. The Morgan fingerprint density at radius 1 is 0.895 bits per heavy atom. The minimum Gasteiger partial charge on any atom is -0.480 e. The fourth-order valence-corrected chi connectivity index (χ4v) is 1.69. The van der Waals surface area contributed by atoms with Crippen LogP contribution < -0.4 is 9.47 Å². The number of carbonyl (C=O) groups is 2. The van der Waals surface area contributed by atoms with Gasteiger partial charge < -0.3 is 19.7 Å². The van der Waals surface area contributed by atoms with E-state index in [4.69, 9.17) is 54.5 Å². The van der Waals surface area contributed by atoms with Crippen molar-refractivity contribution in [1.82, 2.24) is 0 Å². The Balaban J connectivity index is 3.04. The summed E-state index contributed by atoms with van der Waals surface area (Å²) in [4.78, 5) is 20.8.